The van der Waals surface area contributed by atoms with Crippen molar-refractivity contribution in [3.05, 3.63) is 41.3 Å². The minimum atomic E-state index is -0.500. The maximum absolute atomic E-state index is 12.4. The van der Waals surface area contributed by atoms with E-state index >= 15 is 0 Å². The van der Waals surface area contributed by atoms with Gasteiger partial charge in [0.05, 0.1) is 5.69 Å². The van der Waals surface area contributed by atoms with Crippen molar-refractivity contribution in [3.63, 3.8) is 0 Å². The molecule has 0 atom stereocenters. The Hall–Kier alpha value is -2.83. The van der Waals surface area contributed by atoms with Gasteiger partial charge in [-0.3, -0.25) is 4.79 Å². The summed E-state index contributed by atoms with van der Waals surface area (Å²) >= 11 is 0. The molecule has 0 bridgehead atoms. The molecule has 234 valence electrons. The van der Waals surface area contributed by atoms with Crippen molar-refractivity contribution in [2.24, 2.45) is 0 Å². The highest BCUT2D eigenvalue weighted by Crippen LogP contribution is 2.36. The van der Waals surface area contributed by atoms with Gasteiger partial charge in [0.2, 0.25) is 0 Å². The number of esters is 1. The van der Waals surface area contributed by atoms with E-state index in [1.54, 1.807) is 0 Å². The number of alkyl carbamates (subject to hydrolysis) is 2. The Morgan fingerprint density at radius 2 is 1.48 bits per heavy atom. The number of halogens is 1. The van der Waals surface area contributed by atoms with Crippen LogP contribution in [0.4, 0.5) is 9.59 Å². The van der Waals surface area contributed by atoms with Gasteiger partial charge in [0.25, 0.3) is 6.73 Å². The lowest BCUT2D eigenvalue weighted by Crippen LogP contribution is -3.00. The predicted octanol–water partition coefficient (Wildman–Crippen LogP) is 2.52. The van der Waals surface area contributed by atoms with Crippen LogP contribution in [0.25, 0.3) is 11.3 Å². The highest BCUT2D eigenvalue weighted by Gasteiger charge is 2.28. The number of carbonyl (C=O) groups excluding carboxylic acids is 3. The average Bonchev–Trinajstić information content (AvgIpc) is 3.49. The van der Waals surface area contributed by atoms with E-state index in [4.69, 9.17) is 14.2 Å². The molecule has 1 aliphatic rings. The van der Waals surface area contributed by atoms with Crippen molar-refractivity contribution < 1.29 is 57.1 Å². The number of pyridine rings is 1. The van der Waals surface area contributed by atoms with Crippen LogP contribution >= 0.6 is 0 Å². The smallest absolute Gasteiger partial charge is 0.407 e. The third-order valence-corrected chi connectivity index (χ3v) is 6.92. The molecular weight excluding hydrogens is 651 g/mol. The van der Waals surface area contributed by atoms with Crippen LogP contribution in [-0.2, 0) is 51.9 Å². The summed E-state index contributed by atoms with van der Waals surface area (Å²) in [5, 5.41) is 5.51. The van der Waals surface area contributed by atoms with E-state index in [2.05, 4.69) is 22.1 Å². The molecule has 2 aromatic heterocycles. The largest absolute Gasteiger partial charge is 1.00 e. The van der Waals surface area contributed by atoms with Gasteiger partial charge in [-0.05, 0) is 47.0 Å². The first kappa shape index (κ1) is 35.4. The molecule has 1 aliphatic heterocycles. The van der Waals surface area contributed by atoms with Gasteiger partial charge in [-0.15, -0.1) is 0 Å². The standard InChI is InChI=1S/C31H46N4O6.HI/c1-6-7-8-9-10-13-28(36)41-21-34-17-14-24(15-18-34)29-26(20-40-31(38)33-23(4)5)25(27-12-11-16-35(27)29)19-39-30(37)32-22(2)3;/h14-15,17-18,22-23H,6-13,16,19-21H2,1-5H3,(H-,32,33,37,38);1H. The van der Waals surface area contributed by atoms with Crippen molar-refractivity contribution in [2.45, 2.75) is 125 Å². The Bertz CT molecular complexity index is 1160. The van der Waals surface area contributed by atoms with Gasteiger partial charge in [0, 0.05) is 59.6 Å². The van der Waals surface area contributed by atoms with Gasteiger partial charge < -0.3 is 53.4 Å². The van der Waals surface area contributed by atoms with Crippen LogP contribution in [0.3, 0.4) is 0 Å². The van der Waals surface area contributed by atoms with Crippen LogP contribution in [0, 0.1) is 0 Å². The third kappa shape index (κ3) is 10.8. The Morgan fingerprint density at radius 1 is 0.881 bits per heavy atom. The lowest BCUT2D eigenvalue weighted by Gasteiger charge is -2.14. The molecule has 2 aromatic rings. The molecule has 42 heavy (non-hydrogen) atoms. The number of nitrogens with one attached hydrogen (secondary N) is 2. The zero-order valence-corrected chi connectivity index (χ0v) is 27.8. The minimum Gasteiger partial charge on any atom is -1.00 e. The highest BCUT2D eigenvalue weighted by atomic mass is 127. The molecular formula is C31H47IN4O6. The molecule has 0 aliphatic carbocycles. The summed E-state index contributed by atoms with van der Waals surface area (Å²) in [5.41, 5.74) is 4.66. The van der Waals surface area contributed by atoms with Crippen molar-refractivity contribution in [1.82, 2.24) is 15.2 Å². The second-order valence-corrected chi connectivity index (χ2v) is 11.2. The number of fused-ring (bicyclic) bond motifs is 1. The minimum absolute atomic E-state index is 0. The van der Waals surface area contributed by atoms with E-state index in [0.717, 1.165) is 66.7 Å². The molecule has 3 heterocycles. The third-order valence-electron chi connectivity index (χ3n) is 6.92. The van der Waals surface area contributed by atoms with Crippen molar-refractivity contribution in [1.29, 1.82) is 0 Å². The van der Waals surface area contributed by atoms with E-state index in [1.807, 2.05) is 56.8 Å². The van der Waals surface area contributed by atoms with Crippen LogP contribution in [0.1, 0.15) is 96.4 Å². The normalized spacial score (nSPS) is 12.1. The van der Waals surface area contributed by atoms with E-state index in [-0.39, 0.29) is 62.0 Å². The molecule has 0 saturated heterocycles. The molecule has 0 fully saturated rings. The quantitative estimate of drug-likeness (QED) is 0.0974. The van der Waals surface area contributed by atoms with Gasteiger partial charge in [-0.1, -0.05) is 32.6 Å². The monoisotopic (exact) mass is 698 g/mol. The van der Waals surface area contributed by atoms with Gasteiger partial charge in [-0.2, -0.15) is 4.57 Å². The Labute approximate surface area is 266 Å². The van der Waals surface area contributed by atoms with Crippen LogP contribution in [0.2, 0.25) is 0 Å². The first-order valence-corrected chi connectivity index (χ1v) is 14.9. The first-order chi connectivity index (χ1) is 19.7. The molecule has 0 saturated carbocycles. The maximum atomic E-state index is 12.4. The average molecular weight is 699 g/mol. The SMILES string of the molecule is CCCCCCCC(=O)OC[n+]1ccc(-c2c(COC(=O)NC(C)C)c(COC(=O)NC(C)C)c3n2CCC3)cc1.[I-]. The topological polar surface area (TPSA) is 112 Å². The highest BCUT2D eigenvalue weighted by molar-refractivity contribution is 5.71. The molecule has 11 heteroatoms. The van der Waals surface area contributed by atoms with Crippen molar-refractivity contribution >= 4 is 18.2 Å². The zero-order chi connectivity index (χ0) is 29.8. The number of unbranched alkanes of at least 4 members (excludes halogenated alkanes) is 4. The Kier molecular flexibility index (Phi) is 15.1. The summed E-state index contributed by atoms with van der Waals surface area (Å²) in [5.74, 6) is -0.187. The van der Waals surface area contributed by atoms with E-state index in [9.17, 15) is 14.4 Å². The van der Waals surface area contributed by atoms with Gasteiger partial charge in [-0.25, -0.2) is 9.59 Å². The summed E-state index contributed by atoms with van der Waals surface area (Å²) in [6, 6.07) is 3.84. The Balaban J connectivity index is 0.00000616. The van der Waals surface area contributed by atoms with Gasteiger partial charge in [0.1, 0.15) is 13.2 Å². The molecule has 10 nitrogen and oxygen atoms in total. The lowest BCUT2D eigenvalue weighted by atomic mass is 10.0. The summed E-state index contributed by atoms with van der Waals surface area (Å²) in [6.45, 7) is 10.8. The van der Waals surface area contributed by atoms with E-state index in [0.29, 0.717) is 6.42 Å². The molecule has 2 N–H and O–H groups in total. The maximum Gasteiger partial charge on any atom is 0.407 e. The second-order valence-electron chi connectivity index (χ2n) is 11.2. The fourth-order valence-electron chi connectivity index (χ4n) is 4.99. The number of amides is 2. The van der Waals surface area contributed by atoms with Gasteiger partial charge in [0.15, 0.2) is 12.4 Å². The zero-order valence-electron chi connectivity index (χ0n) is 25.7. The molecule has 0 aromatic carbocycles. The summed E-state index contributed by atoms with van der Waals surface area (Å²) in [4.78, 5) is 36.8. The lowest BCUT2D eigenvalue weighted by molar-refractivity contribution is -0.727. The van der Waals surface area contributed by atoms with Crippen LogP contribution in [-0.4, -0.2) is 34.8 Å². The van der Waals surface area contributed by atoms with E-state index < -0.39 is 12.2 Å². The van der Waals surface area contributed by atoms with Crippen molar-refractivity contribution in [2.75, 3.05) is 0 Å². The summed E-state index contributed by atoms with van der Waals surface area (Å²) in [7, 11) is 0. The molecule has 0 unspecified atom stereocenters. The number of nitrogens with zero attached hydrogens (tertiary/aromatic N) is 2. The molecule has 0 radical (unpaired) electrons. The molecule has 0 spiro atoms. The number of hydrogen-bond donors (Lipinski definition) is 2. The fraction of sp³-hybridized carbons (Fsp3) is 0.613. The summed E-state index contributed by atoms with van der Waals surface area (Å²) in [6.07, 6.45) is 10.5. The fourth-order valence-corrected chi connectivity index (χ4v) is 4.99. The summed E-state index contributed by atoms with van der Waals surface area (Å²) < 4.78 is 20.7. The first-order valence-electron chi connectivity index (χ1n) is 14.9. The van der Waals surface area contributed by atoms with Crippen LogP contribution in [0.15, 0.2) is 24.5 Å². The van der Waals surface area contributed by atoms with Crippen LogP contribution in [0.5, 0.6) is 0 Å². The molecule has 2 amide bonds. The van der Waals surface area contributed by atoms with E-state index in [1.165, 1.54) is 12.8 Å². The van der Waals surface area contributed by atoms with Crippen molar-refractivity contribution in [3.8, 4) is 11.3 Å². The predicted molar refractivity (Wildman–Crippen MR) is 155 cm³/mol. The molecule has 3 rings (SSSR count). The number of ether oxygens (including phenoxy) is 3. The number of aromatic nitrogens is 2. The van der Waals surface area contributed by atoms with Crippen LogP contribution < -0.4 is 39.2 Å². The number of carbonyl (C=O) groups is 3. The Morgan fingerprint density at radius 3 is 2.07 bits per heavy atom. The number of rotatable bonds is 15. The van der Waals surface area contributed by atoms with Gasteiger partial charge >= 0.3 is 18.2 Å². The second kappa shape index (κ2) is 18.0. The number of hydrogen-bond acceptors (Lipinski definition) is 6.